The second-order valence-corrected chi connectivity index (χ2v) is 7.48. The van der Waals surface area contributed by atoms with Crippen LogP contribution in [-0.4, -0.2) is 19.2 Å². The van der Waals surface area contributed by atoms with Crippen LogP contribution in [0.3, 0.4) is 0 Å². The van der Waals surface area contributed by atoms with E-state index in [1.54, 1.807) is 12.4 Å². The van der Waals surface area contributed by atoms with E-state index < -0.39 is 0 Å². The minimum Gasteiger partial charge on any atom is -0.503 e. The van der Waals surface area contributed by atoms with Crippen molar-refractivity contribution in [2.45, 2.75) is 25.4 Å². The molecule has 5 rings (SSSR count). The third-order valence-electron chi connectivity index (χ3n) is 5.80. The number of hydrogen-bond acceptors (Lipinski definition) is 3. The number of pyridine rings is 1. The largest absolute Gasteiger partial charge is 0.503 e. The Morgan fingerprint density at radius 2 is 1.62 bits per heavy atom. The quantitative estimate of drug-likeness (QED) is 0.579. The molecule has 29 heavy (non-hydrogen) atoms. The minimum absolute atomic E-state index is 0.0262. The number of nitrogens with zero attached hydrogens (tertiary/aromatic N) is 3. The van der Waals surface area contributed by atoms with Gasteiger partial charge in [0.15, 0.2) is 11.6 Å². The molecule has 0 amide bonds. The fraction of sp³-hybridized carbons (Fsp3) is 0.167. The monoisotopic (exact) mass is 383 g/mol. The summed E-state index contributed by atoms with van der Waals surface area (Å²) in [7, 11) is 0. The van der Waals surface area contributed by atoms with E-state index in [-0.39, 0.29) is 23.1 Å². The zero-order valence-electron chi connectivity index (χ0n) is 16.1. The van der Waals surface area contributed by atoms with Crippen molar-refractivity contribution in [2.75, 3.05) is 0 Å². The molecule has 2 aromatic heterocycles. The van der Waals surface area contributed by atoms with Crippen LogP contribution in [0.1, 0.15) is 28.8 Å². The van der Waals surface area contributed by atoms with Gasteiger partial charge in [-0.2, -0.15) is 0 Å². The predicted molar refractivity (Wildman–Crippen MR) is 112 cm³/mol. The number of hydrogen-bond donors (Lipinski definition) is 1. The minimum atomic E-state index is -0.389. The lowest BCUT2D eigenvalue weighted by molar-refractivity contribution is 0.361. The molecule has 1 aliphatic heterocycles. The molecule has 0 saturated heterocycles. The molecular weight excluding hydrogens is 362 g/mol. The standard InChI is InChI=1S/C24H21N3O2/c1-16-14-25-24-22-23(29)20(28)12-13-26(22)19(15-27(16)24)21(17-8-4-2-5-9-17)18-10-6-3-7-11-18/h2-14,19,21,29H,15H2,1H3/t19-/m1/s1. The Labute approximate surface area is 168 Å². The van der Waals surface area contributed by atoms with E-state index in [0.29, 0.717) is 18.1 Å². The molecule has 5 heteroatoms. The van der Waals surface area contributed by atoms with Crippen molar-refractivity contribution >= 4 is 0 Å². The second kappa shape index (κ2) is 6.78. The first-order valence-electron chi connectivity index (χ1n) is 9.71. The van der Waals surface area contributed by atoms with Gasteiger partial charge in [-0.3, -0.25) is 4.79 Å². The van der Waals surface area contributed by atoms with Gasteiger partial charge in [-0.1, -0.05) is 60.7 Å². The van der Waals surface area contributed by atoms with Crippen LogP contribution in [0.15, 0.2) is 83.9 Å². The maximum Gasteiger partial charge on any atom is 0.223 e. The number of aromatic hydroxyl groups is 1. The summed E-state index contributed by atoms with van der Waals surface area (Å²) in [4.78, 5) is 16.7. The molecule has 3 heterocycles. The second-order valence-electron chi connectivity index (χ2n) is 7.48. The molecule has 1 aliphatic rings. The lowest BCUT2D eigenvalue weighted by atomic mass is 9.83. The zero-order chi connectivity index (χ0) is 20.0. The van der Waals surface area contributed by atoms with Crippen LogP contribution in [0, 0.1) is 6.92 Å². The van der Waals surface area contributed by atoms with Crippen molar-refractivity contribution in [1.29, 1.82) is 0 Å². The average molecular weight is 383 g/mol. The molecule has 0 fully saturated rings. The highest BCUT2D eigenvalue weighted by Gasteiger charge is 2.35. The van der Waals surface area contributed by atoms with E-state index in [4.69, 9.17) is 0 Å². The van der Waals surface area contributed by atoms with Gasteiger partial charge in [-0.25, -0.2) is 4.98 Å². The Morgan fingerprint density at radius 1 is 1.00 bits per heavy atom. The highest BCUT2D eigenvalue weighted by molar-refractivity contribution is 5.62. The van der Waals surface area contributed by atoms with E-state index in [9.17, 15) is 9.90 Å². The summed E-state index contributed by atoms with van der Waals surface area (Å²) >= 11 is 0. The SMILES string of the molecule is Cc1cnc2n1C[C@H](C(c1ccccc1)c1ccccc1)n1ccc(=O)c(O)c1-2. The normalized spacial score (nSPS) is 15.2. The van der Waals surface area contributed by atoms with Gasteiger partial charge in [0, 0.05) is 36.6 Å². The zero-order valence-corrected chi connectivity index (χ0v) is 16.1. The van der Waals surface area contributed by atoms with Crippen LogP contribution >= 0.6 is 0 Å². The van der Waals surface area contributed by atoms with Gasteiger partial charge < -0.3 is 14.2 Å². The van der Waals surface area contributed by atoms with Crippen molar-refractivity contribution in [2.24, 2.45) is 0 Å². The van der Waals surface area contributed by atoms with E-state index in [2.05, 4.69) is 33.8 Å². The van der Waals surface area contributed by atoms with Crippen molar-refractivity contribution in [1.82, 2.24) is 14.1 Å². The van der Waals surface area contributed by atoms with Gasteiger partial charge in [-0.05, 0) is 18.1 Å². The summed E-state index contributed by atoms with van der Waals surface area (Å²) in [6.45, 7) is 2.70. The number of rotatable bonds is 3. The lowest BCUT2D eigenvalue weighted by Crippen LogP contribution is -2.31. The van der Waals surface area contributed by atoms with Crippen LogP contribution in [-0.2, 0) is 6.54 Å². The van der Waals surface area contributed by atoms with Crippen LogP contribution < -0.4 is 5.43 Å². The molecule has 1 atom stereocenters. The van der Waals surface area contributed by atoms with Gasteiger partial charge >= 0.3 is 0 Å². The fourth-order valence-electron chi connectivity index (χ4n) is 4.42. The summed E-state index contributed by atoms with van der Waals surface area (Å²) in [6.07, 6.45) is 3.58. The molecule has 4 aromatic rings. The topological polar surface area (TPSA) is 60.0 Å². The van der Waals surface area contributed by atoms with E-state index in [0.717, 1.165) is 5.69 Å². The smallest absolute Gasteiger partial charge is 0.223 e. The molecule has 0 bridgehead atoms. The summed E-state index contributed by atoms with van der Waals surface area (Å²) in [5, 5.41) is 10.7. The van der Waals surface area contributed by atoms with Gasteiger partial charge in [0.2, 0.25) is 5.43 Å². The molecular formula is C24H21N3O2. The number of aryl methyl sites for hydroxylation is 1. The first kappa shape index (κ1) is 17.5. The van der Waals surface area contributed by atoms with E-state index in [1.807, 2.05) is 47.9 Å². The van der Waals surface area contributed by atoms with Crippen molar-refractivity contribution < 1.29 is 5.11 Å². The van der Waals surface area contributed by atoms with Gasteiger partial charge in [-0.15, -0.1) is 0 Å². The van der Waals surface area contributed by atoms with E-state index in [1.165, 1.54) is 17.2 Å². The third-order valence-corrected chi connectivity index (χ3v) is 5.80. The number of fused-ring (bicyclic) bond motifs is 3. The Hall–Kier alpha value is -3.60. The molecule has 0 aliphatic carbocycles. The van der Waals surface area contributed by atoms with Crippen LogP contribution in [0.5, 0.6) is 5.75 Å². The molecule has 5 nitrogen and oxygen atoms in total. The predicted octanol–water partition coefficient (Wildman–Crippen LogP) is 4.11. The summed E-state index contributed by atoms with van der Waals surface area (Å²) in [6, 6.07) is 22.2. The molecule has 1 N–H and O–H groups in total. The maximum absolute atomic E-state index is 12.2. The first-order valence-corrected chi connectivity index (χ1v) is 9.71. The fourth-order valence-corrected chi connectivity index (χ4v) is 4.42. The first-order chi connectivity index (χ1) is 14.1. The van der Waals surface area contributed by atoms with Crippen molar-refractivity contribution in [3.63, 3.8) is 0 Å². The Bertz CT molecular complexity index is 1190. The van der Waals surface area contributed by atoms with Crippen LogP contribution in [0.4, 0.5) is 0 Å². The Morgan fingerprint density at radius 3 is 2.24 bits per heavy atom. The maximum atomic E-state index is 12.2. The summed E-state index contributed by atoms with van der Waals surface area (Å²) in [5.41, 5.74) is 3.48. The number of benzene rings is 2. The van der Waals surface area contributed by atoms with Gasteiger partial charge in [0.05, 0.1) is 6.04 Å². The van der Waals surface area contributed by atoms with Crippen molar-refractivity contribution in [3.8, 4) is 17.3 Å². The molecule has 0 saturated carbocycles. The van der Waals surface area contributed by atoms with Crippen molar-refractivity contribution in [3.05, 3.63) is 106 Å². The Kier molecular flexibility index (Phi) is 4.09. The number of aromatic nitrogens is 3. The molecule has 2 aromatic carbocycles. The summed E-state index contributed by atoms with van der Waals surface area (Å²) in [5.74, 6) is 0.436. The molecule has 144 valence electrons. The molecule has 0 unspecified atom stereocenters. The van der Waals surface area contributed by atoms with Gasteiger partial charge in [0.25, 0.3) is 0 Å². The average Bonchev–Trinajstić information content (AvgIpc) is 3.13. The third kappa shape index (κ3) is 2.78. The van der Waals surface area contributed by atoms with Crippen LogP contribution in [0.25, 0.3) is 11.5 Å². The van der Waals surface area contributed by atoms with Gasteiger partial charge in [0.1, 0.15) is 5.69 Å². The molecule has 0 spiro atoms. The van der Waals surface area contributed by atoms with Crippen LogP contribution in [0.2, 0.25) is 0 Å². The Balaban J connectivity index is 1.78. The highest BCUT2D eigenvalue weighted by atomic mass is 16.3. The number of imidazole rings is 1. The lowest BCUT2D eigenvalue weighted by Gasteiger charge is -2.36. The molecule has 0 radical (unpaired) electrons. The highest BCUT2D eigenvalue weighted by Crippen LogP contribution is 2.43. The van der Waals surface area contributed by atoms with E-state index >= 15 is 0 Å². The summed E-state index contributed by atoms with van der Waals surface area (Å²) < 4.78 is 4.11.